The molecule has 1 amide bonds. The summed E-state index contributed by atoms with van der Waals surface area (Å²) in [6.07, 6.45) is 3.66. The second kappa shape index (κ2) is 7.05. The van der Waals surface area contributed by atoms with Crippen LogP contribution in [-0.2, 0) is 7.05 Å². The molecule has 24 heavy (non-hydrogen) atoms. The minimum Gasteiger partial charge on any atom is -0.506 e. The Morgan fingerprint density at radius 1 is 1.21 bits per heavy atom. The Bertz CT molecular complexity index is 807. The molecule has 0 saturated carbocycles. The highest BCUT2D eigenvalue weighted by Gasteiger charge is 2.21. The van der Waals surface area contributed by atoms with E-state index in [4.69, 9.17) is 0 Å². The number of carbonyl (C=O) groups excluding carboxylic acids is 1. The third-order valence-corrected chi connectivity index (χ3v) is 4.67. The number of rotatable bonds is 4. The van der Waals surface area contributed by atoms with Gasteiger partial charge in [0.25, 0.3) is 11.5 Å². The number of carbonyl (C=O) groups is 1. The molecule has 1 fully saturated rings. The maximum atomic E-state index is 12.4. The van der Waals surface area contributed by atoms with Gasteiger partial charge in [0.05, 0.1) is 5.52 Å². The number of aromatic hydroxyl groups is 1. The van der Waals surface area contributed by atoms with E-state index in [1.54, 1.807) is 31.3 Å². The number of hydrogen-bond donors (Lipinski definition) is 2. The lowest BCUT2D eigenvalue weighted by Crippen LogP contribution is -2.39. The highest BCUT2D eigenvalue weighted by molar-refractivity contribution is 6.02. The van der Waals surface area contributed by atoms with Gasteiger partial charge >= 0.3 is 0 Å². The number of benzene rings is 1. The minimum atomic E-state index is -0.518. The number of para-hydroxylation sites is 1. The van der Waals surface area contributed by atoms with Crippen LogP contribution in [0.2, 0.25) is 0 Å². The van der Waals surface area contributed by atoms with Gasteiger partial charge in [0.2, 0.25) is 0 Å². The van der Waals surface area contributed by atoms with Crippen LogP contribution in [-0.4, -0.2) is 46.7 Å². The molecule has 2 N–H and O–H groups in total. The molecule has 2 heterocycles. The average molecular weight is 329 g/mol. The van der Waals surface area contributed by atoms with E-state index in [2.05, 4.69) is 10.2 Å². The Balaban J connectivity index is 1.78. The molecule has 6 nitrogen and oxygen atoms in total. The van der Waals surface area contributed by atoms with Crippen molar-refractivity contribution >= 4 is 16.8 Å². The fraction of sp³-hybridized carbons (Fsp3) is 0.444. The molecule has 0 radical (unpaired) electrons. The summed E-state index contributed by atoms with van der Waals surface area (Å²) in [6.45, 7) is 3.34. The van der Waals surface area contributed by atoms with Gasteiger partial charge in [-0.05, 0) is 38.1 Å². The zero-order valence-corrected chi connectivity index (χ0v) is 13.9. The van der Waals surface area contributed by atoms with E-state index in [1.807, 2.05) is 0 Å². The largest absolute Gasteiger partial charge is 0.506 e. The summed E-state index contributed by atoms with van der Waals surface area (Å²) in [5, 5.41) is 13.7. The van der Waals surface area contributed by atoms with E-state index >= 15 is 0 Å². The maximum Gasteiger partial charge on any atom is 0.267 e. The number of piperidine rings is 1. The number of pyridine rings is 1. The normalized spacial score (nSPS) is 15.5. The van der Waals surface area contributed by atoms with Gasteiger partial charge < -0.3 is 19.9 Å². The van der Waals surface area contributed by atoms with Crippen molar-refractivity contribution in [2.45, 2.75) is 19.3 Å². The fourth-order valence-corrected chi connectivity index (χ4v) is 3.28. The third kappa shape index (κ3) is 3.14. The first-order valence-electron chi connectivity index (χ1n) is 8.41. The summed E-state index contributed by atoms with van der Waals surface area (Å²) in [7, 11) is 1.61. The molecule has 1 saturated heterocycles. The highest BCUT2D eigenvalue weighted by atomic mass is 16.3. The van der Waals surface area contributed by atoms with Gasteiger partial charge in [0, 0.05) is 25.5 Å². The van der Waals surface area contributed by atoms with Crippen molar-refractivity contribution in [2.75, 3.05) is 26.2 Å². The van der Waals surface area contributed by atoms with E-state index in [-0.39, 0.29) is 11.3 Å². The zero-order valence-electron chi connectivity index (χ0n) is 13.9. The van der Waals surface area contributed by atoms with Crippen LogP contribution < -0.4 is 10.9 Å². The number of nitrogens with one attached hydrogen (secondary N) is 1. The van der Waals surface area contributed by atoms with Crippen LogP contribution in [0.3, 0.4) is 0 Å². The number of amides is 1. The second-order valence-electron chi connectivity index (χ2n) is 6.26. The van der Waals surface area contributed by atoms with Gasteiger partial charge in [-0.15, -0.1) is 0 Å². The molecule has 0 unspecified atom stereocenters. The molecule has 0 atom stereocenters. The molecular formula is C18H23N3O3. The number of aryl methyl sites for hydroxylation is 1. The quantitative estimate of drug-likeness (QED) is 0.890. The first-order valence-corrected chi connectivity index (χ1v) is 8.41. The Kier molecular flexibility index (Phi) is 4.85. The molecule has 1 aliphatic rings. The topological polar surface area (TPSA) is 74.6 Å². The van der Waals surface area contributed by atoms with E-state index < -0.39 is 11.5 Å². The van der Waals surface area contributed by atoms with Gasteiger partial charge in [-0.2, -0.15) is 0 Å². The predicted octanol–water partition coefficient (Wildman–Crippen LogP) is 1.46. The fourth-order valence-electron chi connectivity index (χ4n) is 3.28. The van der Waals surface area contributed by atoms with Crippen molar-refractivity contribution in [2.24, 2.45) is 7.05 Å². The van der Waals surface area contributed by atoms with Crippen molar-refractivity contribution in [3.8, 4) is 5.75 Å². The lowest BCUT2D eigenvalue weighted by molar-refractivity contribution is 0.0942. The summed E-state index contributed by atoms with van der Waals surface area (Å²) in [6, 6.07) is 7.01. The van der Waals surface area contributed by atoms with Gasteiger partial charge in [0.1, 0.15) is 11.3 Å². The zero-order chi connectivity index (χ0) is 17.1. The Morgan fingerprint density at radius 2 is 1.92 bits per heavy atom. The van der Waals surface area contributed by atoms with E-state index in [1.165, 1.54) is 23.8 Å². The number of hydrogen-bond acceptors (Lipinski definition) is 4. The smallest absolute Gasteiger partial charge is 0.267 e. The van der Waals surface area contributed by atoms with Crippen LogP contribution in [0.4, 0.5) is 0 Å². The van der Waals surface area contributed by atoms with Crippen LogP contribution in [0, 0.1) is 0 Å². The number of likely N-dealkylation sites (tertiary alicyclic amines) is 1. The van der Waals surface area contributed by atoms with E-state index in [9.17, 15) is 14.7 Å². The molecule has 1 aromatic heterocycles. The summed E-state index contributed by atoms with van der Waals surface area (Å²) in [4.78, 5) is 27.2. The molecule has 1 aromatic carbocycles. The Labute approximate surface area is 140 Å². The Morgan fingerprint density at radius 3 is 2.67 bits per heavy atom. The molecule has 0 bridgehead atoms. The van der Waals surface area contributed by atoms with Crippen LogP contribution in [0.1, 0.15) is 29.6 Å². The van der Waals surface area contributed by atoms with Crippen molar-refractivity contribution in [1.29, 1.82) is 0 Å². The van der Waals surface area contributed by atoms with Gasteiger partial charge in [-0.25, -0.2) is 0 Å². The van der Waals surface area contributed by atoms with E-state index in [0.29, 0.717) is 17.4 Å². The monoisotopic (exact) mass is 329 g/mol. The average Bonchev–Trinajstić information content (AvgIpc) is 2.61. The molecule has 2 aromatic rings. The van der Waals surface area contributed by atoms with Gasteiger partial charge in [0.15, 0.2) is 0 Å². The molecule has 128 valence electrons. The molecule has 0 aliphatic carbocycles. The highest BCUT2D eigenvalue weighted by Crippen LogP contribution is 2.25. The van der Waals surface area contributed by atoms with Crippen molar-refractivity contribution < 1.29 is 9.90 Å². The summed E-state index contributed by atoms with van der Waals surface area (Å²) < 4.78 is 1.40. The van der Waals surface area contributed by atoms with Crippen molar-refractivity contribution in [3.05, 3.63) is 40.2 Å². The lowest BCUT2D eigenvalue weighted by atomic mass is 10.1. The molecule has 0 spiro atoms. The standard InChI is InChI=1S/C18H23N3O3/c1-20-14-8-4-3-7-13(14)16(22)15(18(20)24)17(23)19-9-12-21-10-5-2-6-11-21/h3-4,7-8,22H,2,5-6,9-12H2,1H3,(H,19,23). The SMILES string of the molecule is Cn1c(=O)c(C(=O)NCCN2CCCCC2)c(O)c2ccccc21. The predicted molar refractivity (Wildman–Crippen MR) is 93.5 cm³/mol. The minimum absolute atomic E-state index is 0.185. The molecule has 3 rings (SSSR count). The van der Waals surface area contributed by atoms with Crippen LogP contribution in [0.25, 0.3) is 10.9 Å². The number of aromatic nitrogens is 1. The maximum absolute atomic E-state index is 12.4. The second-order valence-corrected chi connectivity index (χ2v) is 6.26. The number of nitrogens with zero attached hydrogens (tertiary/aromatic N) is 2. The van der Waals surface area contributed by atoms with Crippen LogP contribution in [0.15, 0.2) is 29.1 Å². The van der Waals surface area contributed by atoms with Crippen molar-refractivity contribution in [3.63, 3.8) is 0 Å². The molecule has 6 heteroatoms. The summed E-state index contributed by atoms with van der Waals surface area (Å²) >= 11 is 0. The summed E-state index contributed by atoms with van der Waals surface area (Å²) in [5.74, 6) is -0.764. The van der Waals surface area contributed by atoms with Crippen molar-refractivity contribution in [1.82, 2.24) is 14.8 Å². The van der Waals surface area contributed by atoms with Crippen LogP contribution in [0.5, 0.6) is 5.75 Å². The number of fused-ring (bicyclic) bond motifs is 1. The Hall–Kier alpha value is -2.34. The molecular weight excluding hydrogens is 306 g/mol. The van der Waals surface area contributed by atoms with Gasteiger partial charge in [-0.1, -0.05) is 18.6 Å². The first kappa shape index (κ1) is 16.5. The van der Waals surface area contributed by atoms with Gasteiger partial charge in [-0.3, -0.25) is 9.59 Å². The van der Waals surface area contributed by atoms with Crippen LogP contribution >= 0.6 is 0 Å². The lowest BCUT2D eigenvalue weighted by Gasteiger charge is -2.26. The summed E-state index contributed by atoms with van der Waals surface area (Å²) in [5.41, 5.74) is -0.0682. The molecule has 1 aliphatic heterocycles. The third-order valence-electron chi connectivity index (χ3n) is 4.67. The van der Waals surface area contributed by atoms with E-state index in [0.717, 1.165) is 19.6 Å². The first-order chi connectivity index (χ1) is 11.6.